The van der Waals surface area contributed by atoms with E-state index in [2.05, 4.69) is 5.32 Å². The minimum Gasteiger partial charge on any atom is -0.467 e. The van der Waals surface area contributed by atoms with Crippen LogP contribution in [-0.2, 0) is 25.1 Å². The topological polar surface area (TPSA) is 81.7 Å². The summed E-state index contributed by atoms with van der Waals surface area (Å²) in [4.78, 5) is 23.6. The maximum Gasteiger partial charge on any atom is 0.408 e. The van der Waals surface area contributed by atoms with Gasteiger partial charge >= 0.3 is 12.1 Å². The highest BCUT2D eigenvalue weighted by atomic mass is 32.2. The molecule has 6 nitrogen and oxygen atoms in total. The Labute approximate surface area is 122 Å². The molecule has 0 aromatic heterocycles. The number of alkyl carbamates (subject to hydrolysis) is 1. The molecule has 1 aliphatic rings. The largest absolute Gasteiger partial charge is 0.467 e. The maximum atomic E-state index is 11.8. The average molecular weight is 305 g/mol. The van der Waals surface area contributed by atoms with Gasteiger partial charge in [-0.1, -0.05) is 0 Å². The molecule has 0 aliphatic carbocycles. The highest BCUT2D eigenvalue weighted by molar-refractivity contribution is 7.85. The van der Waals surface area contributed by atoms with Crippen LogP contribution in [0.2, 0.25) is 0 Å². The predicted octanol–water partition coefficient (Wildman–Crippen LogP) is 1.21. The van der Waals surface area contributed by atoms with E-state index in [0.717, 1.165) is 0 Å². The van der Waals surface area contributed by atoms with Crippen molar-refractivity contribution < 1.29 is 23.3 Å². The van der Waals surface area contributed by atoms with Crippen LogP contribution in [-0.4, -0.2) is 46.5 Å². The number of methoxy groups -OCH3 is 1. The molecule has 1 aliphatic heterocycles. The van der Waals surface area contributed by atoms with Crippen LogP contribution in [0, 0.1) is 5.92 Å². The summed E-state index contributed by atoms with van der Waals surface area (Å²) in [6, 6.07) is -0.743. The number of esters is 1. The van der Waals surface area contributed by atoms with E-state index in [1.165, 1.54) is 7.11 Å². The molecule has 1 N–H and O–H groups in total. The lowest BCUT2D eigenvalue weighted by atomic mass is 9.94. The average Bonchev–Trinajstić information content (AvgIpc) is 2.34. The van der Waals surface area contributed by atoms with Gasteiger partial charge in [0.1, 0.15) is 11.6 Å². The van der Waals surface area contributed by atoms with Gasteiger partial charge in [-0.05, 0) is 39.5 Å². The van der Waals surface area contributed by atoms with Gasteiger partial charge in [0.25, 0.3) is 0 Å². The molecule has 0 radical (unpaired) electrons. The van der Waals surface area contributed by atoms with Crippen molar-refractivity contribution in [3.63, 3.8) is 0 Å². The predicted molar refractivity (Wildman–Crippen MR) is 75.8 cm³/mol. The van der Waals surface area contributed by atoms with Crippen LogP contribution in [0.5, 0.6) is 0 Å². The Morgan fingerprint density at radius 3 is 2.25 bits per heavy atom. The molecule has 0 aromatic carbocycles. The quantitative estimate of drug-likeness (QED) is 0.793. The smallest absolute Gasteiger partial charge is 0.408 e. The molecule has 20 heavy (non-hydrogen) atoms. The molecule has 0 bridgehead atoms. The van der Waals surface area contributed by atoms with Crippen LogP contribution in [0.4, 0.5) is 4.79 Å². The second-order valence-electron chi connectivity index (χ2n) is 5.83. The Morgan fingerprint density at radius 2 is 1.80 bits per heavy atom. The molecule has 0 aromatic rings. The zero-order chi connectivity index (χ0) is 15.3. The molecule has 1 saturated heterocycles. The standard InChI is InChI=1S/C13H23NO5S/c1-13(2,3)19-12(16)14-10(11(15)18-4)9-5-7-20(17)8-6-9/h9-10H,5-8H2,1-4H3,(H,14,16). The Balaban J connectivity index is 2.67. The molecule has 1 amide bonds. The van der Waals surface area contributed by atoms with Gasteiger partial charge < -0.3 is 14.8 Å². The van der Waals surface area contributed by atoms with E-state index in [9.17, 15) is 13.8 Å². The first-order valence-electron chi connectivity index (χ1n) is 6.65. The Hall–Kier alpha value is -1.11. The van der Waals surface area contributed by atoms with E-state index in [1.54, 1.807) is 20.8 Å². The summed E-state index contributed by atoms with van der Waals surface area (Å²) in [7, 11) is 0.468. The molecule has 0 spiro atoms. The summed E-state index contributed by atoms with van der Waals surface area (Å²) in [5, 5.41) is 2.57. The number of carbonyl (C=O) groups excluding carboxylic acids is 2. The van der Waals surface area contributed by atoms with Gasteiger partial charge in [0.05, 0.1) is 7.11 Å². The molecule has 1 atom stereocenters. The first-order chi connectivity index (χ1) is 9.23. The first-order valence-corrected chi connectivity index (χ1v) is 8.14. The second kappa shape index (κ2) is 7.06. The molecular weight excluding hydrogens is 282 g/mol. The van der Waals surface area contributed by atoms with Gasteiger partial charge in [-0.2, -0.15) is 0 Å². The maximum absolute atomic E-state index is 11.8. The molecule has 1 rings (SSSR count). The van der Waals surface area contributed by atoms with Crippen molar-refractivity contribution in [1.29, 1.82) is 0 Å². The highest BCUT2D eigenvalue weighted by Crippen LogP contribution is 2.21. The molecule has 1 unspecified atom stereocenters. The Bertz CT molecular complexity index is 381. The monoisotopic (exact) mass is 305 g/mol. The van der Waals surface area contributed by atoms with E-state index in [-0.39, 0.29) is 5.92 Å². The summed E-state index contributed by atoms with van der Waals surface area (Å²) in [6.45, 7) is 5.26. The van der Waals surface area contributed by atoms with Crippen molar-refractivity contribution in [1.82, 2.24) is 5.32 Å². The van der Waals surface area contributed by atoms with Crippen molar-refractivity contribution in [3.05, 3.63) is 0 Å². The molecule has 116 valence electrons. The number of ether oxygens (including phenoxy) is 2. The van der Waals surface area contributed by atoms with Gasteiger partial charge in [0, 0.05) is 22.3 Å². The second-order valence-corrected chi connectivity index (χ2v) is 7.53. The lowest BCUT2D eigenvalue weighted by Crippen LogP contribution is -2.49. The van der Waals surface area contributed by atoms with Gasteiger partial charge in [-0.15, -0.1) is 0 Å². The van der Waals surface area contributed by atoms with E-state index in [0.29, 0.717) is 24.3 Å². The van der Waals surface area contributed by atoms with Gasteiger partial charge in [-0.25, -0.2) is 9.59 Å². The molecule has 1 heterocycles. The third-order valence-electron chi connectivity index (χ3n) is 3.03. The number of hydrogen-bond donors (Lipinski definition) is 1. The fourth-order valence-corrected chi connectivity index (χ4v) is 3.41. The van der Waals surface area contributed by atoms with Crippen molar-refractivity contribution in [2.24, 2.45) is 5.92 Å². The molecular formula is C13H23NO5S. The SMILES string of the molecule is COC(=O)C(NC(=O)OC(C)(C)C)C1CCS(=O)CC1. The number of carbonyl (C=O) groups is 2. The lowest BCUT2D eigenvalue weighted by molar-refractivity contribution is -0.144. The van der Waals surface area contributed by atoms with E-state index in [1.807, 2.05) is 0 Å². The minimum absolute atomic E-state index is 0.0623. The van der Waals surface area contributed by atoms with Crippen LogP contribution in [0.1, 0.15) is 33.6 Å². The van der Waals surface area contributed by atoms with Gasteiger partial charge in [0.15, 0.2) is 0 Å². The van der Waals surface area contributed by atoms with Gasteiger partial charge in [0.2, 0.25) is 0 Å². The zero-order valence-corrected chi connectivity index (χ0v) is 13.2. The lowest BCUT2D eigenvalue weighted by Gasteiger charge is -2.29. The first kappa shape index (κ1) is 16.9. The number of rotatable bonds is 3. The van der Waals surface area contributed by atoms with E-state index < -0.39 is 34.5 Å². The van der Waals surface area contributed by atoms with Crippen molar-refractivity contribution in [2.75, 3.05) is 18.6 Å². The van der Waals surface area contributed by atoms with Crippen molar-refractivity contribution in [3.8, 4) is 0 Å². The molecule has 1 fully saturated rings. The van der Waals surface area contributed by atoms with Crippen LogP contribution in [0.15, 0.2) is 0 Å². The van der Waals surface area contributed by atoms with Crippen molar-refractivity contribution >= 4 is 22.9 Å². The third-order valence-corrected chi connectivity index (χ3v) is 4.41. The summed E-state index contributed by atoms with van der Waals surface area (Å²) >= 11 is 0. The van der Waals surface area contributed by atoms with Crippen LogP contribution >= 0.6 is 0 Å². The van der Waals surface area contributed by atoms with Gasteiger partial charge in [-0.3, -0.25) is 4.21 Å². The fourth-order valence-electron chi connectivity index (χ4n) is 2.08. The fraction of sp³-hybridized carbons (Fsp3) is 0.846. The summed E-state index contributed by atoms with van der Waals surface area (Å²) in [6.07, 6.45) is 0.615. The number of hydrogen-bond acceptors (Lipinski definition) is 5. The molecule has 7 heteroatoms. The Morgan fingerprint density at radius 1 is 1.25 bits per heavy atom. The number of nitrogens with one attached hydrogen (secondary N) is 1. The van der Waals surface area contributed by atoms with Crippen molar-refractivity contribution in [2.45, 2.75) is 45.3 Å². The highest BCUT2D eigenvalue weighted by Gasteiger charge is 2.34. The van der Waals surface area contributed by atoms with Crippen LogP contribution in [0.25, 0.3) is 0 Å². The van der Waals surface area contributed by atoms with E-state index >= 15 is 0 Å². The van der Waals surface area contributed by atoms with Crippen LogP contribution in [0.3, 0.4) is 0 Å². The van der Waals surface area contributed by atoms with Crippen LogP contribution < -0.4 is 5.32 Å². The Kier molecular flexibility index (Phi) is 5.98. The normalized spacial score (nSPS) is 24.6. The minimum atomic E-state index is -0.817. The summed E-state index contributed by atoms with van der Waals surface area (Å²) in [5.74, 6) is 0.545. The van der Waals surface area contributed by atoms with E-state index in [4.69, 9.17) is 9.47 Å². The summed E-state index contributed by atoms with van der Waals surface area (Å²) in [5.41, 5.74) is -0.626. The number of amides is 1. The molecule has 0 saturated carbocycles. The third kappa shape index (κ3) is 5.48. The summed E-state index contributed by atoms with van der Waals surface area (Å²) < 4.78 is 21.3. The zero-order valence-electron chi connectivity index (χ0n) is 12.4.